The average Bonchev–Trinajstić information content (AvgIpc) is 2.17. The van der Waals surface area contributed by atoms with Gasteiger partial charge in [0.25, 0.3) is 0 Å². The topological polar surface area (TPSA) is 96.6 Å². The zero-order chi connectivity index (χ0) is 12.3. The number of hydrogen-bond acceptors (Lipinski definition) is 5. The summed E-state index contributed by atoms with van der Waals surface area (Å²) in [5, 5.41) is 19.3. The van der Waals surface area contributed by atoms with Crippen LogP contribution in [0.3, 0.4) is 0 Å². The van der Waals surface area contributed by atoms with Crippen molar-refractivity contribution in [2.75, 3.05) is 14.1 Å². The quantitative estimate of drug-likeness (QED) is 0.597. The molecule has 1 atom stereocenters. The number of carbonyl (C=O) groups is 1. The number of carboxylic acids is 1. The zero-order valence-electron chi connectivity index (χ0n) is 8.82. The number of aromatic nitrogens is 1. The summed E-state index contributed by atoms with van der Waals surface area (Å²) in [6.45, 7) is 0. The highest BCUT2D eigenvalue weighted by Crippen LogP contribution is 2.19. The van der Waals surface area contributed by atoms with E-state index in [9.17, 15) is 14.9 Å². The van der Waals surface area contributed by atoms with Crippen molar-refractivity contribution in [3.05, 3.63) is 34.0 Å². The second kappa shape index (κ2) is 4.67. The van der Waals surface area contributed by atoms with Gasteiger partial charge in [-0.25, -0.2) is 0 Å². The number of carboxylic acid groups (broad SMARTS) is 1. The molecule has 1 rings (SSSR count). The lowest BCUT2D eigenvalue weighted by Crippen LogP contribution is -2.27. The second-order valence-electron chi connectivity index (χ2n) is 3.41. The Morgan fingerprint density at radius 3 is 2.50 bits per heavy atom. The molecule has 1 N–H and O–H groups in total. The molecular formula is C9H11N3O4. The zero-order valence-corrected chi connectivity index (χ0v) is 8.82. The maximum Gasteiger partial charge on any atom is 0.363 e. The van der Waals surface area contributed by atoms with Gasteiger partial charge in [-0.1, -0.05) is 0 Å². The Balaban J connectivity index is 3.03. The van der Waals surface area contributed by atoms with Gasteiger partial charge in [-0.05, 0) is 30.1 Å². The lowest BCUT2D eigenvalue weighted by molar-refractivity contribution is -0.389. The lowest BCUT2D eigenvalue weighted by Gasteiger charge is -2.18. The molecule has 0 aromatic carbocycles. The van der Waals surface area contributed by atoms with E-state index < -0.39 is 16.9 Å². The van der Waals surface area contributed by atoms with Crippen LogP contribution in [0, 0.1) is 10.1 Å². The van der Waals surface area contributed by atoms with Crippen LogP contribution in [0.15, 0.2) is 18.3 Å². The molecule has 0 saturated carbocycles. The van der Waals surface area contributed by atoms with Crippen molar-refractivity contribution in [1.29, 1.82) is 0 Å². The highest BCUT2D eigenvalue weighted by molar-refractivity contribution is 5.75. The molecule has 0 bridgehead atoms. The molecule has 0 amide bonds. The first kappa shape index (κ1) is 12.1. The number of pyridine rings is 1. The number of nitro groups is 1. The first-order chi connectivity index (χ1) is 7.43. The van der Waals surface area contributed by atoms with Gasteiger partial charge in [0.05, 0.1) is 0 Å². The molecular weight excluding hydrogens is 214 g/mol. The first-order valence-electron chi connectivity index (χ1n) is 4.43. The number of nitrogens with zero attached hydrogens (tertiary/aromatic N) is 3. The fraction of sp³-hybridized carbons (Fsp3) is 0.333. The van der Waals surface area contributed by atoms with Crippen molar-refractivity contribution < 1.29 is 14.8 Å². The van der Waals surface area contributed by atoms with Crippen LogP contribution in [-0.4, -0.2) is 40.0 Å². The lowest BCUT2D eigenvalue weighted by atomic mass is 10.1. The van der Waals surface area contributed by atoms with Crippen LogP contribution in [0.2, 0.25) is 0 Å². The molecule has 0 aliphatic carbocycles. The van der Waals surface area contributed by atoms with E-state index in [2.05, 4.69) is 4.98 Å². The molecule has 7 heteroatoms. The fourth-order valence-corrected chi connectivity index (χ4v) is 1.33. The number of aliphatic carboxylic acids is 1. The monoisotopic (exact) mass is 225 g/mol. The smallest absolute Gasteiger partial charge is 0.363 e. The molecule has 1 aromatic heterocycles. The Morgan fingerprint density at radius 2 is 2.19 bits per heavy atom. The highest BCUT2D eigenvalue weighted by Gasteiger charge is 2.24. The maximum atomic E-state index is 11.0. The van der Waals surface area contributed by atoms with Gasteiger partial charge in [0.1, 0.15) is 12.2 Å². The minimum absolute atomic E-state index is 0.299. The molecule has 1 aromatic rings. The first-order valence-corrected chi connectivity index (χ1v) is 4.43. The summed E-state index contributed by atoms with van der Waals surface area (Å²) in [6, 6.07) is 1.73. The molecule has 0 radical (unpaired) electrons. The van der Waals surface area contributed by atoms with E-state index in [4.69, 9.17) is 5.11 Å². The number of likely N-dealkylation sites (N-methyl/N-ethyl adjacent to an activating group) is 1. The van der Waals surface area contributed by atoms with Crippen LogP contribution in [0.4, 0.5) is 5.82 Å². The van der Waals surface area contributed by atoms with Crippen molar-refractivity contribution in [2.24, 2.45) is 0 Å². The summed E-state index contributed by atoms with van der Waals surface area (Å²) in [4.78, 5) is 25.8. The van der Waals surface area contributed by atoms with E-state index in [0.717, 1.165) is 0 Å². The molecule has 7 nitrogen and oxygen atoms in total. The molecule has 1 heterocycles. The summed E-state index contributed by atoms with van der Waals surface area (Å²) in [6.07, 6.45) is 1.21. The second-order valence-corrected chi connectivity index (χ2v) is 3.41. The maximum absolute atomic E-state index is 11.0. The van der Waals surface area contributed by atoms with E-state index >= 15 is 0 Å². The minimum Gasteiger partial charge on any atom is -0.480 e. The van der Waals surface area contributed by atoms with Crippen LogP contribution < -0.4 is 0 Å². The van der Waals surface area contributed by atoms with Gasteiger partial charge in [0, 0.05) is 11.6 Å². The Morgan fingerprint density at radius 1 is 1.56 bits per heavy atom. The Hall–Kier alpha value is -2.02. The van der Waals surface area contributed by atoms with Gasteiger partial charge < -0.3 is 15.2 Å². The van der Waals surface area contributed by atoms with Crippen LogP contribution in [0.25, 0.3) is 0 Å². The van der Waals surface area contributed by atoms with E-state index in [0.29, 0.717) is 5.56 Å². The van der Waals surface area contributed by atoms with E-state index in [1.165, 1.54) is 23.2 Å². The van der Waals surface area contributed by atoms with Gasteiger partial charge in [-0.2, -0.15) is 0 Å². The molecule has 0 spiro atoms. The summed E-state index contributed by atoms with van der Waals surface area (Å²) >= 11 is 0. The van der Waals surface area contributed by atoms with Crippen molar-refractivity contribution in [2.45, 2.75) is 6.04 Å². The average molecular weight is 225 g/mol. The van der Waals surface area contributed by atoms with E-state index in [1.54, 1.807) is 14.1 Å². The van der Waals surface area contributed by atoms with Gasteiger partial charge in [0.15, 0.2) is 0 Å². The molecule has 1 unspecified atom stereocenters. The van der Waals surface area contributed by atoms with Crippen molar-refractivity contribution in [3.63, 3.8) is 0 Å². The number of hydrogen-bond donors (Lipinski definition) is 1. The third kappa shape index (κ3) is 2.51. The van der Waals surface area contributed by atoms with Crippen LogP contribution >= 0.6 is 0 Å². The number of rotatable bonds is 4. The van der Waals surface area contributed by atoms with Crippen molar-refractivity contribution in [1.82, 2.24) is 9.88 Å². The largest absolute Gasteiger partial charge is 0.480 e. The summed E-state index contributed by atoms with van der Waals surface area (Å²) in [5.41, 5.74) is 0.406. The normalized spacial score (nSPS) is 12.4. The SMILES string of the molecule is CN(C)C(C(=O)O)c1ccc([N+](=O)[O-])nc1. The third-order valence-corrected chi connectivity index (χ3v) is 2.02. The van der Waals surface area contributed by atoms with Gasteiger partial charge >= 0.3 is 11.8 Å². The standard InChI is InChI=1S/C9H11N3O4/c1-11(2)8(9(13)14)6-3-4-7(10-5-6)12(15)16/h3-5,8H,1-2H3,(H,13,14). The van der Waals surface area contributed by atoms with Crippen molar-refractivity contribution >= 4 is 11.8 Å². The molecule has 16 heavy (non-hydrogen) atoms. The molecule has 0 saturated heterocycles. The van der Waals surface area contributed by atoms with Gasteiger partial charge in [0.2, 0.25) is 0 Å². The Bertz CT molecular complexity index is 402. The third-order valence-electron chi connectivity index (χ3n) is 2.02. The van der Waals surface area contributed by atoms with Crippen LogP contribution in [0.1, 0.15) is 11.6 Å². The minimum atomic E-state index is -1.03. The highest BCUT2D eigenvalue weighted by atomic mass is 16.6. The Kier molecular flexibility index (Phi) is 3.51. The summed E-state index contributed by atoms with van der Waals surface area (Å²) < 4.78 is 0. The summed E-state index contributed by atoms with van der Waals surface area (Å²) in [5.74, 6) is -1.33. The fourth-order valence-electron chi connectivity index (χ4n) is 1.33. The predicted molar refractivity (Wildman–Crippen MR) is 55.0 cm³/mol. The summed E-state index contributed by atoms with van der Waals surface area (Å²) in [7, 11) is 3.22. The van der Waals surface area contributed by atoms with Crippen LogP contribution in [0.5, 0.6) is 0 Å². The van der Waals surface area contributed by atoms with E-state index in [-0.39, 0.29) is 5.82 Å². The van der Waals surface area contributed by atoms with Crippen molar-refractivity contribution in [3.8, 4) is 0 Å². The molecule has 0 fully saturated rings. The Labute approximate surface area is 91.5 Å². The van der Waals surface area contributed by atoms with Gasteiger partial charge in [-0.15, -0.1) is 0 Å². The predicted octanol–water partition coefficient (Wildman–Crippen LogP) is 0.677. The van der Waals surface area contributed by atoms with Crippen LogP contribution in [-0.2, 0) is 4.79 Å². The molecule has 0 aliphatic rings. The van der Waals surface area contributed by atoms with Gasteiger partial charge in [-0.3, -0.25) is 9.69 Å². The molecule has 86 valence electrons. The molecule has 0 aliphatic heterocycles. The van der Waals surface area contributed by atoms with E-state index in [1.807, 2.05) is 0 Å².